The number of carbonyl (C=O) groups excluding carboxylic acids is 2. The normalized spacial score (nSPS) is 17.9. The lowest BCUT2D eigenvalue weighted by molar-refractivity contribution is -0.142. The van der Waals surface area contributed by atoms with Gasteiger partial charge in [-0.3, -0.25) is 9.59 Å². The van der Waals surface area contributed by atoms with Gasteiger partial charge in [-0.1, -0.05) is 113 Å². The van der Waals surface area contributed by atoms with Crippen molar-refractivity contribution in [3.8, 4) is 5.75 Å². The van der Waals surface area contributed by atoms with Gasteiger partial charge in [0.1, 0.15) is 5.75 Å². The van der Waals surface area contributed by atoms with Gasteiger partial charge in [-0.25, -0.2) is 0 Å². The van der Waals surface area contributed by atoms with Gasteiger partial charge in [-0.15, -0.1) is 0 Å². The molecule has 198 valence electrons. The molecule has 0 aromatic heterocycles. The first-order valence-corrected chi connectivity index (χ1v) is 14.2. The maximum absolute atomic E-state index is 13.9. The van der Waals surface area contributed by atoms with E-state index in [2.05, 4.69) is 25.1 Å². The van der Waals surface area contributed by atoms with E-state index in [0.29, 0.717) is 25.0 Å². The predicted molar refractivity (Wildman–Crippen MR) is 149 cm³/mol. The lowest BCUT2D eigenvalue weighted by Crippen LogP contribution is -2.34. The number of ether oxygens (including phenoxy) is 2. The number of carbonyl (C=O) groups is 2. The van der Waals surface area contributed by atoms with E-state index >= 15 is 0 Å². The van der Waals surface area contributed by atoms with Crippen molar-refractivity contribution in [2.75, 3.05) is 13.7 Å². The molecule has 0 fully saturated rings. The smallest absolute Gasteiger partial charge is 0.306 e. The average molecular weight is 503 g/mol. The Morgan fingerprint density at radius 2 is 1.59 bits per heavy atom. The van der Waals surface area contributed by atoms with Gasteiger partial charge in [-0.2, -0.15) is 0 Å². The summed E-state index contributed by atoms with van der Waals surface area (Å²) in [6.45, 7) is 2.91. The van der Waals surface area contributed by atoms with E-state index < -0.39 is 5.41 Å². The first-order valence-electron chi connectivity index (χ1n) is 14.2. The summed E-state index contributed by atoms with van der Waals surface area (Å²) < 4.78 is 11.3. The molecule has 0 heterocycles. The Balaban J connectivity index is 1.37. The molecule has 0 aliphatic heterocycles. The largest absolute Gasteiger partial charge is 0.493 e. The Bertz CT molecular complexity index is 1120. The minimum absolute atomic E-state index is 0.0105. The van der Waals surface area contributed by atoms with Crippen molar-refractivity contribution >= 4 is 17.8 Å². The third kappa shape index (κ3) is 6.34. The van der Waals surface area contributed by atoms with Gasteiger partial charge >= 0.3 is 5.97 Å². The van der Waals surface area contributed by atoms with E-state index in [9.17, 15) is 9.59 Å². The van der Waals surface area contributed by atoms with Crippen LogP contribution in [0.1, 0.15) is 105 Å². The fourth-order valence-electron chi connectivity index (χ4n) is 5.93. The Morgan fingerprint density at radius 1 is 0.892 bits per heavy atom. The van der Waals surface area contributed by atoms with Crippen LogP contribution in [-0.2, 0) is 22.4 Å². The lowest BCUT2D eigenvalue weighted by atomic mass is 9.73. The summed E-state index contributed by atoms with van der Waals surface area (Å²) in [7, 11) is 1.39. The molecular formula is C33H42O4. The zero-order valence-electron chi connectivity index (χ0n) is 22.7. The summed E-state index contributed by atoms with van der Waals surface area (Å²) in [6.07, 6.45) is 16.1. The van der Waals surface area contributed by atoms with Crippen LogP contribution in [0, 0.1) is 5.41 Å². The Kier molecular flexibility index (Phi) is 9.60. The van der Waals surface area contributed by atoms with Crippen molar-refractivity contribution in [1.29, 1.82) is 0 Å². The number of hydrogen-bond donors (Lipinski definition) is 0. The van der Waals surface area contributed by atoms with E-state index in [4.69, 9.17) is 9.47 Å². The summed E-state index contributed by atoms with van der Waals surface area (Å²) in [6, 6.07) is 13.9. The zero-order chi connectivity index (χ0) is 26.1. The number of rotatable bonds is 15. The van der Waals surface area contributed by atoms with Crippen LogP contribution in [0.25, 0.3) is 6.08 Å². The minimum Gasteiger partial charge on any atom is -0.493 e. The summed E-state index contributed by atoms with van der Waals surface area (Å²) in [5.41, 5.74) is 4.03. The number of esters is 1. The number of methoxy groups -OCH3 is 1. The van der Waals surface area contributed by atoms with E-state index in [1.54, 1.807) is 0 Å². The molecule has 0 saturated carbocycles. The van der Waals surface area contributed by atoms with E-state index in [0.717, 1.165) is 28.9 Å². The fourth-order valence-corrected chi connectivity index (χ4v) is 5.93. The molecule has 2 aliphatic carbocycles. The predicted octanol–water partition coefficient (Wildman–Crippen LogP) is 7.91. The Morgan fingerprint density at radius 3 is 2.30 bits per heavy atom. The third-order valence-electron chi connectivity index (χ3n) is 8.10. The van der Waals surface area contributed by atoms with Crippen LogP contribution < -0.4 is 4.74 Å². The lowest BCUT2D eigenvalue weighted by Gasteiger charge is -2.28. The van der Waals surface area contributed by atoms with Crippen LogP contribution in [0.3, 0.4) is 0 Å². The molecule has 0 bridgehead atoms. The molecule has 0 spiro atoms. The van der Waals surface area contributed by atoms with Gasteiger partial charge in [0.2, 0.25) is 0 Å². The zero-order valence-corrected chi connectivity index (χ0v) is 22.7. The van der Waals surface area contributed by atoms with Gasteiger partial charge in [0.25, 0.3) is 0 Å². The van der Waals surface area contributed by atoms with E-state index in [1.807, 2.05) is 30.3 Å². The van der Waals surface area contributed by atoms with Crippen LogP contribution in [0.15, 0.2) is 48.0 Å². The van der Waals surface area contributed by atoms with Crippen LogP contribution in [0.2, 0.25) is 0 Å². The van der Waals surface area contributed by atoms with Crippen molar-refractivity contribution in [1.82, 2.24) is 0 Å². The van der Waals surface area contributed by atoms with Crippen LogP contribution in [0.5, 0.6) is 5.75 Å². The number of Topliss-reactive ketones (excluding diaryl/α,β-unsaturated/α-hetero) is 1. The highest BCUT2D eigenvalue weighted by molar-refractivity contribution is 6.09. The second-order valence-electron chi connectivity index (χ2n) is 10.7. The van der Waals surface area contributed by atoms with Crippen molar-refractivity contribution in [3.05, 3.63) is 70.3 Å². The first kappa shape index (κ1) is 27.2. The summed E-state index contributed by atoms with van der Waals surface area (Å²) >= 11 is 0. The van der Waals surface area contributed by atoms with Crippen LogP contribution in [-0.4, -0.2) is 25.5 Å². The van der Waals surface area contributed by atoms with Crippen LogP contribution in [0.4, 0.5) is 0 Å². The molecule has 1 atom stereocenters. The van der Waals surface area contributed by atoms with Gasteiger partial charge in [-0.05, 0) is 36.5 Å². The number of ketones is 1. The molecule has 2 aromatic rings. The molecular weight excluding hydrogens is 460 g/mol. The molecule has 37 heavy (non-hydrogen) atoms. The average Bonchev–Trinajstić information content (AvgIpc) is 3.47. The second kappa shape index (κ2) is 13.1. The summed E-state index contributed by atoms with van der Waals surface area (Å²) in [5.74, 6) is 0.437. The number of fused-ring (bicyclic) bond motifs is 2. The SMILES string of the molecule is CCCCCCCCCCCCOc1cccc2c1CC(CC(=O)OC)(C1=Cc3ccccc3C1)C2=O. The standard InChI is InChI=1S/C33H42O4/c1-3-4-5-6-7-8-9-10-11-14-20-37-30-19-15-18-28-29(30)23-33(32(28)35,24-31(34)36-2)27-21-25-16-12-13-17-26(25)22-27/h12-13,15-19,21H,3-11,14,20,22-24H2,1-2H3. The summed E-state index contributed by atoms with van der Waals surface area (Å²) in [4.78, 5) is 26.5. The summed E-state index contributed by atoms with van der Waals surface area (Å²) in [5, 5.41) is 0. The molecule has 0 saturated heterocycles. The van der Waals surface area contributed by atoms with Crippen molar-refractivity contribution < 1.29 is 19.1 Å². The van der Waals surface area contributed by atoms with Gasteiger partial charge in [0.05, 0.1) is 25.6 Å². The van der Waals surface area contributed by atoms with Crippen molar-refractivity contribution in [2.24, 2.45) is 5.41 Å². The molecule has 0 N–H and O–H groups in total. The van der Waals surface area contributed by atoms with Gasteiger partial charge < -0.3 is 9.47 Å². The number of allylic oxidation sites excluding steroid dienone is 1. The molecule has 4 nitrogen and oxygen atoms in total. The number of unbranched alkanes of at least 4 members (excludes halogenated alkanes) is 9. The molecule has 1 unspecified atom stereocenters. The highest BCUT2D eigenvalue weighted by atomic mass is 16.5. The first-order chi connectivity index (χ1) is 18.1. The monoisotopic (exact) mass is 502 g/mol. The van der Waals surface area contributed by atoms with Crippen molar-refractivity contribution in [3.63, 3.8) is 0 Å². The molecule has 2 aliphatic rings. The quantitative estimate of drug-likeness (QED) is 0.183. The highest BCUT2D eigenvalue weighted by Gasteiger charge is 2.51. The molecule has 2 aromatic carbocycles. The number of hydrogen-bond acceptors (Lipinski definition) is 4. The Hall–Kier alpha value is -2.88. The third-order valence-corrected chi connectivity index (χ3v) is 8.10. The Labute approximate surface area is 222 Å². The molecule has 0 radical (unpaired) electrons. The highest BCUT2D eigenvalue weighted by Crippen LogP contribution is 2.51. The van der Waals surface area contributed by atoms with E-state index in [1.165, 1.54) is 70.5 Å². The van der Waals surface area contributed by atoms with E-state index in [-0.39, 0.29) is 18.2 Å². The maximum Gasteiger partial charge on any atom is 0.306 e. The number of benzene rings is 2. The molecule has 4 rings (SSSR count). The topological polar surface area (TPSA) is 52.6 Å². The second-order valence-corrected chi connectivity index (χ2v) is 10.7. The van der Waals surface area contributed by atoms with Gasteiger partial charge in [0.15, 0.2) is 5.78 Å². The molecule has 0 amide bonds. The minimum atomic E-state index is -0.912. The van der Waals surface area contributed by atoms with Crippen LogP contribution >= 0.6 is 0 Å². The maximum atomic E-state index is 13.9. The van der Waals surface area contributed by atoms with Gasteiger partial charge in [0, 0.05) is 11.1 Å². The van der Waals surface area contributed by atoms with Crippen molar-refractivity contribution in [2.45, 2.75) is 90.4 Å². The fraction of sp³-hybridized carbons (Fsp3) is 0.515. The molecule has 4 heteroatoms.